The van der Waals surface area contributed by atoms with Crippen LogP contribution < -0.4 is 5.73 Å². The summed E-state index contributed by atoms with van der Waals surface area (Å²) in [7, 11) is 0. The topological polar surface area (TPSA) is 52.3 Å². The molecule has 0 bridgehead atoms. The summed E-state index contributed by atoms with van der Waals surface area (Å²) in [5.74, 6) is -0.200. The van der Waals surface area contributed by atoms with Crippen LogP contribution in [0.1, 0.15) is 38.7 Å². The summed E-state index contributed by atoms with van der Waals surface area (Å²) in [5, 5.41) is 0. The second-order valence-electron chi connectivity index (χ2n) is 5.27. The zero-order valence-electron chi connectivity index (χ0n) is 11.1. The molecule has 1 unspecified atom stereocenters. The molecule has 0 heterocycles. The maximum absolute atomic E-state index is 11.8. The summed E-state index contributed by atoms with van der Waals surface area (Å²) in [6.07, 6.45) is 0.315. The highest BCUT2D eigenvalue weighted by Gasteiger charge is 2.20. The number of halogens is 1. The Hall–Kier alpha value is -0.870. The molecule has 18 heavy (non-hydrogen) atoms. The Morgan fingerprint density at radius 1 is 1.33 bits per heavy atom. The van der Waals surface area contributed by atoms with Crippen molar-refractivity contribution in [1.82, 2.24) is 0 Å². The minimum Gasteiger partial charge on any atom is -0.460 e. The molecule has 0 radical (unpaired) electrons. The van der Waals surface area contributed by atoms with Crippen LogP contribution in [0.5, 0.6) is 0 Å². The smallest absolute Gasteiger partial charge is 0.306 e. The lowest BCUT2D eigenvalue weighted by Gasteiger charge is -2.22. The van der Waals surface area contributed by atoms with Gasteiger partial charge in [-0.05, 0) is 45.0 Å². The van der Waals surface area contributed by atoms with Crippen molar-refractivity contribution in [2.75, 3.05) is 6.54 Å². The van der Waals surface area contributed by atoms with Crippen molar-refractivity contribution in [2.45, 2.75) is 38.7 Å². The van der Waals surface area contributed by atoms with Gasteiger partial charge in [0.1, 0.15) is 5.60 Å². The lowest BCUT2D eigenvalue weighted by atomic mass is 9.96. The predicted molar refractivity (Wildman–Crippen MR) is 76.4 cm³/mol. The molecule has 0 aliphatic rings. The Kier molecular flexibility index (Phi) is 5.35. The molecular formula is C14H20BrNO2. The maximum atomic E-state index is 11.8. The molecule has 4 heteroatoms. The van der Waals surface area contributed by atoms with Crippen LogP contribution in [0.4, 0.5) is 0 Å². The van der Waals surface area contributed by atoms with Gasteiger partial charge < -0.3 is 10.5 Å². The largest absolute Gasteiger partial charge is 0.460 e. The lowest BCUT2D eigenvalue weighted by Crippen LogP contribution is -2.26. The van der Waals surface area contributed by atoms with Gasteiger partial charge >= 0.3 is 5.97 Å². The van der Waals surface area contributed by atoms with Crippen molar-refractivity contribution in [3.63, 3.8) is 0 Å². The van der Waals surface area contributed by atoms with Crippen molar-refractivity contribution in [2.24, 2.45) is 5.73 Å². The first kappa shape index (κ1) is 15.2. The highest BCUT2D eigenvalue weighted by molar-refractivity contribution is 9.10. The Balaban J connectivity index is 2.68. The molecule has 0 saturated heterocycles. The molecule has 1 aromatic rings. The normalized spacial score (nSPS) is 13.2. The summed E-state index contributed by atoms with van der Waals surface area (Å²) < 4.78 is 6.32. The Morgan fingerprint density at radius 3 is 2.33 bits per heavy atom. The number of hydrogen-bond donors (Lipinski definition) is 1. The quantitative estimate of drug-likeness (QED) is 0.868. The van der Waals surface area contributed by atoms with E-state index in [2.05, 4.69) is 15.9 Å². The average molecular weight is 314 g/mol. The summed E-state index contributed by atoms with van der Waals surface area (Å²) >= 11 is 3.38. The molecule has 2 N–H and O–H groups in total. The fourth-order valence-corrected chi connectivity index (χ4v) is 1.92. The van der Waals surface area contributed by atoms with Crippen molar-refractivity contribution in [3.05, 3.63) is 34.3 Å². The Morgan fingerprint density at radius 2 is 1.89 bits per heavy atom. The molecule has 1 rings (SSSR count). The first-order valence-electron chi connectivity index (χ1n) is 5.99. The summed E-state index contributed by atoms with van der Waals surface area (Å²) in [5.41, 5.74) is 6.35. The molecule has 0 aliphatic heterocycles. The minimum atomic E-state index is -0.448. The van der Waals surface area contributed by atoms with Gasteiger partial charge in [-0.2, -0.15) is 0 Å². The monoisotopic (exact) mass is 313 g/mol. The fraction of sp³-hybridized carbons (Fsp3) is 0.500. The number of esters is 1. The third-order valence-electron chi connectivity index (χ3n) is 2.46. The van der Waals surface area contributed by atoms with Crippen LogP contribution in [0.25, 0.3) is 0 Å². The van der Waals surface area contributed by atoms with Crippen LogP contribution >= 0.6 is 15.9 Å². The van der Waals surface area contributed by atoms with Gasteiger partial charge in [0.05, 0.1) is 6.42 Å². The van der Waals surface area contributed by atoms with Crippen molar-refractivity contribution in [3.8, 4) is 0 Å². The number of carbonyl (C=O) groups is 1. The highest BCUT2D eigenvalue weighted by atomic mass is 79.9. The number of ether oxygens (including phenoxy) is 1. The Labute approximate surface area is 117 Å². The zero-order chi connectivity index (χ0) is 13.8. The van der Waals surface area contributed by atoms with E-state index in [1.54, 1.807) is 0 Å². The molecule has 3 nitrogen and oxygen atoms in total. The third kappa shape index (κ3) is 5.19. The van der Waals surface area contributed by atoms with E-state index >= 15 is 0 Å². The van der Waals surface area contributed by atoms with E-state index in [0.29, 0.717) is 13.0 Å². The van der Waals surface area contributed by atoms with Crippen LogP contribution in [-0.2, 0) is 9.53 Å². The third-order valence-corrected chi connectivity index (χ3v) is 2.99. The molecular weight excluding hydrogens is 294 g/mol. The van der Waals surface area contributed by atoms with Gasteiger partial charge in [-0.3, -0.25) is 4.79 Å². The Bertz CT molecular complexity index is 395. The van der Waals surface area contributed by atoms with Gasteiger partial charge in [-0.25, -0.2) is 0 Å². The molecule has 100 valence electrons. The second kappa shape index (κ2) is 6.34. The van der Waals surface area contributed by atoms with Gasteiger partial charge in [-0.15, -0.1) is 0 Å². The van der Waals surface area contributed by atoms with Crippen molar-refractivity contribution in [1.29, 1.82) is 0 Å². The fourth-order valence-electron chi connectivity index (χ4n) is 1.66. The van der Waals surface area contributed by atoms with Gasteiger partial charge in [0, 0.05) is 10.4 Å². The first-order chi connectivity index (χ1) is 8.31. The zero-order valence-corrected chi connectivity index (χ0v) is 12.7. The summed E-state index contributed by atoms with van der Waals surface area (Å²) in [4.78, 5) is 11.8. The number of carbonyl (C=O) groups excluding carboxylic acids is 1. The molecule has 0 fully saturated rings. The number of hydrogen-bond acceptors (Lipinski definition) is 3. The van der Waals surface area contributed by atoms with Crippen LogP contribution in [-0.4, -0.2) is 18.1 Å². The molecule has 0 amide bonds. The van der Waals surface area contributed by atoms with Gasteiger partial charge in [0.25, 0.3) is 0 Å². The molecule has 0 aromatic heterocycles. The SMILES string of the molecule is CC(C)(C)OC(=O)CC(CN)c1ccc(Br)cc1. The number of nitrogens with two attached hydrogens (primary N) is 1. The van der Waals surface area contributed by atoms with E-state index in [9.17, 15) is 4.79 Å². The molecule has 0 spiro atoms. The number of benzene rings is 1. The maximum Gasteiger partial charge on any atom is 0.306 e. The minimum absolute atomic E-state index is 0.00736. The van der Waals surface area contributed by atoms with Gasteiger partial charge in [-0.1, -0.05) is 28.1 Å². The molecule has 1 atom stereocenters. The van der Waals surface area contributed by atoms with E-state index in [1.807, 2.05) is 45.0 Å². The van der Waals surface area contributed by atoms with Gasteiger partial charge in [0.2, 0.25) is 0 Å². The average Bonchev–Trinajstić information content (AvgIpc) is 2.25. The van der Waals surface area contributed by atoms with Crippen molar-refractivity contribution >= 4 is 21.9 Å². The summed E-state index contributed by atoms with van der Waals surface area (Å²) in [6.45, 7) is 6.02. The molecule has 1 aromatic carbocycles. The van der Waals surface area contributed by atoms with E-state index in [1.165, 1.54) is 0 Å². The van der Waals surface area contributed by atoms with E-state index in [4.69, 9.17) is 10.5 Å². The van der Waals surface area contributed by atoms with Crippen LogP contribution in [0, 0.1) is 0 Å². The van der Waals surface area contributed by atoms with Gasteiger partial charge in [0.15, 0.2) is 0 Å². The van der Waals surface area contributed by atoms with Crippen LogP contribution in [0.2, 0.25) is 0 Å². The lowest BCUT2D eigenvalue weighted by molar-refractivity contribution is -0.155. The second-order valence-corrected chi connectivity index (χ2v) is 6.19. The van der Waals surface area contributed by atoms with Crippen LogP contribution in [0.15, 0.2) is 28.7 Å². The van der Waals surface area contributed by atoms with E-state index < -0.39 is 5.60 Å². The molecule has 0 aliphatic carbocycles. The first-order valence-corrected chi connectivity index (χ1v) is 6.78. The standard InChI is InChI=1S/C14H20BrNO2/c1-14(2,3)18-13(17)8-11(9-16)10-4-6-12(15)7-5-10/h4-7,11H,8-9,16H2,1-3H3. The van der Waals surface area contributed by atoms with Crippen molar-refractivity contribution < 1.29 is 9.53 Å². The summed E-state index contributed by atoms with van der Waals surface area (Å²) in [6, 6.07) is 7.86. The van der Waals surface area contributed by atoms with Crippen LogP contribution in [0.3, 0.4) is 0 Å². The van der Waals surface area contributed by atoms with E-state index in [0.717, 1.165) is 10.0 Å². The highest BCUT2D eigenvalue weighted by Crippen LogP contribution is 2.22. The predicted octanol–water partition coefficient (Wildman–Crippen LogP) is 3.22. The number of rotatable bonds is 4. The van der Waals surface area contributed by atoms with E-state index in [-0.39, 0.29) is 11.9 Å². The molecule has 0 saturated carbocycles.